The van der Waals surface area contributed by atoms with Crippen LogP contribution in [-0.2, 0) is 30.7 Å². The molecule has 1 N–H and O–H groups in total. The van der Waals surface area contributed by atoms with Crippen molar-refractivity contribution in [2.45, 2.75) is 51.2 Å². The quantitative estimate of drug-likeness (QED) is 0.171. The highest BCUT2D eigenvalue weighted by atomic mass is 16.5. The van der Waals surface area contributed by atoms with E-state index in [1.807, 2.05) is 54.6 Å². The van der Waals surface area contributed by atoms with Crippen molar-refractivity contribution in [3.8, 4) is 22.8 Å². The fourth-order valence-corrected chi connectivity index (χ4v) is 8.21. The number of carbonyl (C=O) groups excluding carboxylic acids is 2. The number of morpholine rings is 1. The third-order valence-corrected chi connectivity index (χ3v) is 11.0. The van der Waals surface area contributed by atoms with E-state index in [-0.39, 0.29) is 23.6 Å². The summed E-state index contributed by atoms with van der Waals surface area (Å²) in [6, 6.07) is 32.5. The minimum absolute atomic E-state index is 0.0300. The largest absolute Gasteiger partial charge is 0.508 e. The molecule has 5 aromatic rings. The zero-order valence-electron chi connectivity index (χ0n) is 30.2. The molecule has 53 heavy (non-hydrogen) atoms. The fourth-order valence-electron chi connectivity index (χ4n) is 8.21. The smallest absolute Gasteiger partial charge is 0.264 e. The third kappa shape index (κ3) is 7.06. The molecule has 1 saturated heterocycles. The number of aromatic hydroxyl groups is 1. The van der Waals surface area contributed by atoms with Crippen LogP contribution < -0.4 is 9.64 Å². The number of benzene rings is 4. The van der Waals surface area contributed by atoms with E-state index in [9.17, 15) is 9.90 Å². The Morgan fingerprint density at radius 1 is 0.830 bits per heavy atom. The summed E-state index contributed by atoms with van der Waals surface area (Å²) in [5, 5.41) is 10.1. The van der Waals surface area contributed by atoms with Gasteiger partial charge in [0.25, 0.3) is 11.8 Å². The van der Waals surface area contributed by atoms with E-state index in [0.29, 0.717) is 29.1 Å². The van der Waals surface area contributed by atoms with Crippen LogP contribution in [0.15, 0.2) is 103 Å². The molecular weight excluding hydrogens is 665 g/mol. The number of nitrogens with zero attached hydrogens (tertiary/aromatic N) is 4. The van der Waals surface area contributed by atoms with Crippen LogP contribution in [0, 0.1) is 0 Å². The van der Waals surface area contributed by atoms with E-state index < -0.39 is 0 Å². The summed E-state index contributed by atoms with van der Waals surface area (Å²) in [6.07, 6.45) is 4.38. The lowest BCUT2D eigenvalue weighted by atomic mass is 9.90. The second-order valence-corrected chi connectivity index (χ2v) is 14.2. The topological polar surface area (TPSA) is 87.5 Å². The Morgan fingerprint density at radius 2 is 1.57 bits per heavy atom. The van der Waals surface area contributed by atoms with E-state index >= 15 is 4.79 Å². The summed E-state index contributed by atoms with van der Waals surface area (Å²) in [4.78, 5) is 36.1. The molecule has 4 heterocycles. The number of para-hydroxylation sites is 1. The van der Waals surface area contributed by atoms with Gasteiger partial charge < -0.3 is 24.0 Å². The highest BCUT2D eigenvalue weighted by Crippen LogP contribution is 2.38. The summed E-state index contributed by atoms with van der Waals surface area (Å²) in [5.41, 5.74) is 7.67. The third-order valence-electron chi connectivity index (χ3n) is 11.0. The number of ether oxygens (including phenoxy) is 2. The zero-order chi connectivity index (χ0) is 36.3. The van der Waals surface area contributed by atoms with Crippen molar-refractivity contribution < 1.29 is 24.2 Å². The summed E-state index contributed by atoms with van der Waals surface area (Å²) in [7, 11) is 1.63. The molecular formula is C44H46N4O5. The highest BCUT2D eigenvalue weighted by Gasteiger charge is 2.34. The number of amides is 2. The van der Waals surface area contributed by atoms with Crippen LogP contribution in [0.1, 0.15) is 56.8 Å². The molecule has 3 aliphatic heterocycles. The number of fused-ring (bicyclic) bond motifs is 2. The lowest BCUT2D eigenvalue weighted by Gasteiger charge is -2.39. The van der Waals surface area contributed by atoms with Crippen molar-refractivity contribution in [2.75, 3.05) is 44.9 Å². The van der Waals surface area contributed by atoms with E-state index in [1.165, 1.54) is 11.1 Å². The van der Waals surface area contributed by atoms with E-state index in [2.05, 4.69) is 38.6 Å². The van der Waals surface area contributed by atoms with Gasteiger partial charge in [0.2, 0.25) is 0 Å². The second kappa shape index (κ2) is 15.3. The number of phenolic OH excluding ortho intramolecular Hbond substituents is 1. The first-order valence-corrected chi connectivity index (χ1v) is 18.8. The number of rotatable bonds is 9. The SMILES string of the molecule is COc1ccc(-c2cc(C(=O)N(c3ccccc3)c3ccc(O)cc3)c3n2CCCC3)c(C(=O)N2Cc3ccccc3C[C@H]2CCN2CCOCC2)c1. The Morgan fingerprint density at radius 3 is 2.34 bits per heavy atom. The zero-order valence-corrected chi connectivity index (χ0v) is 30.2. The average Bonchev–Trinajstić information content (AvgIpc) is 3.60. The summed E-state index contributed by atoms with van der Waals surface area (Å²) >= 11 is 0. The van der Waals surface area contributed by atoms with Crippen molar-refractivity contribution in [1.29, 1.82) is 0 Å². The lowest BCUT2D eigenvalue weighted by Crippen LogP contribution is -2.47. The van der Waals surface area contributed by atoms with Crippen molar-refractivity contribution in [3.05, 3.63) is 131 Å². The molecule has 3 aliphatic rings. The molecule has 0 saturated carbocycles. The normalized spacial score (nSPS) is 17.2. The molecule has 9 heteroatoms. The number of aromatic nitrogens is 1. The molecule has 8 rings (SSSR count). The molecule has 9 nitrogen and oxygen atoms in total. The molecule has 0 aliphatic carbocycles. The fraction of sp³-hybridized carbons (Fsp3) is 0.318. The van der Waals surface area contributed by atoms with Crippen molar-refractivity contribution >= 4 is 23.2 Å². The lowest BCUT2D eigenvalue weighted by molar-refractivity contribution is 0.0308. The first kappa shape index (κ1) is 34.7. The number of hydrogen-bond acceptors (Lipinski definition) is 6. The maximum Gasteiger partial charge on any atom is 0.264 e. The van der Waals surface area contributed by atoms with Crippen molar-refractivity contribution in [1.82, 2.24) is 14.4 Å². The van der Waals surface area contributed by atoms with Crippen LogP contribution in [0.4, 0.5) is 11.4 Å². The van der Waals surface area contributed by atoms with Crippen molar-refractivity contribution in [2.24, 2.45) is 0 Å². The monoisotopic (exact) mass is 710 g/mol. The summed E-state index contributed by atoms with van der Waals surface area (Å²) in [6.45, 7) is 5.50. The van der Waals surface area contributed by atoms with E-state index in [1.54, 1.807) is 36.3 Å². The van der Waals surface area contributed by atoms with Gasteiger partial charge in [0, 0.05) is 67.1 Å². The number of anilines is 2. The standard InChI is InChI=1S/C44H46N4O5/c1-52-37-18-19-38(39(28-37)43(50)47-30-32-10-6-5-9-31(32)27-35(47)20-22-45-23-25-53-26-24-45)42-29-40(41-13-7-8-21-46(41)42)44(51)48(33-11-3-2-4-12-33)34-14-16-36(49)17-15-34/h2-6,9-12,14-19,28-29,35,49H,7-8,13,20-27,30H2,1H3/t35-/m1/s1. The maximum absolute atomic E-state index is 15.1. The Labute approximate surface area is 311 Å². The molecule has 0 radical (unpaired) electrons. The summed E-state index contributed by atoms with van der Waals surface area (Å²) in [5.74, 6) is 0.560. The molecule has 0 bridgehead atoms. The summed E-state index contributed by atoms with van der Waals surface area (Å²) < 4.78 is 13.6. The van der Waals surface area contributed by atoms with Gasteiger partial charge in [0.15, 0.2) is 0 Å². The second-order valence-electron chi connectivity index (χ2n) is 14.2. The van der Waals surface area contributed by atoms with Crippen LogP contribution in [-0.4, -0.2) is 77.3 Å². The van der Waals surface area contributed by atoms with Crippen LogP contribution in [0.25, 0.3) is 11.3 Å². The van der Waals surface area contributed by atoms with E-state index in [4.69, 9.17) is 9.47 Å². The average molecular weight is 711 g/mol. The number of hydrogen-bond donors (Lipinski definition) is 1. The van der Waals surface area contributed by atoms with Gasteiger partial charge in [0.1, 0.15) is 11.5 Å². The van der Waals surface area contributed by atoms with Gasteiger partial charge in [-0.1, -0.05) is 42.5 Å². The van der Waals surface area contributed by atoms with Gasteiger partial charge in [-0.3, -0.25) is 19.4 Å². The minimum atomic E-state index is -0.156. The van der Waals surface area contributed by atoms with Crippen LogP contribution in [0.3, 0.4) is 0 Å². The predicted molar refractivity (Wildman–Crippen MR) is 206 cm³/mol. The van der Waals surface area contributed by atoms with Gasteiger partial charge in [-0.05, 0) is 104 Å². The molecule has 1 aromatic heterocycles. The molecule has 1 fully saturated rings. The highest BCUT2D eigenvalue weighted by molar-refractivity contribution is 6.12. The van der Waals surface area contributed by atoms with Gasteiger partial charge in [-0.2, -0.15) is 0 Å². The Bertz CT molecular complexity index is 2090. The van der Waals surface area contributed by atoms with Gasteiger partial charge in [0.05, 0.1) is 31.5 Å². The molecule has 272 valence electrons. The van der Waals surface area contributed by atoms with Crippen LogP contribution >= 0.6 is 0 Å². The molecule has 2 amide bonds. The Kier molecular flexibility index (Phi) is 10.0. The Balaban J connectivity index is 1.20. The number of methoxy groups -OCH3 is 1. The number of carbonyl (C=O) groups is 2. The first-order chi connectivity index (χ1) is 26.0. The van der Waals surface area contributed by atoms with Gasteiger partial charge >= 0.3 is 0 Å². The molecule has 4 aromatic carbocycles. The predicted octanol–water partition coefficient (Wildman–Crippen LogP) is 7.47. The van der Waals surface area contributed by atoms with Crippen LogP contribution in [0.5, 0.6) is 11.5 Å². The number of phenols is 1. The minimum Gasteiger partial charge on any atom is -0.508 e. The Hall–Kier alpha value is -5.38. The first-order valence-electron chi connectivity index (χ1n) is 18.8. The molecule has 0 spiro atoms. The molecule has 0 unspecified atom stereocenters. The van der Waals surface area contributed by atoms with Gasteiger partial charge in [-0.15, -0.1) is 0 Å². The van der Waals surface area contributed by atoms with Gasteiger partial charge in [-0.25, -0.2) is 0 Å². The van der Waals surface area contributed by atoms with Crippen LogP contribution in [0.2, 0.25) is 0 Å². The molecule has 1 atom stereocenters. The van der Waals surface area contributed by atoms with Crippen molar-refractivity contribution in [3.63, 3.8) is 0 Å². The van der Waals surface area contributed by atoms with E-state index in [0.717, 1.165) is 94.1 Å². The maximum atomic E-state index is 15.1.